The topological polar surface area (TPSA) is 75.4 Å². The largest absolute Gasteiger partial charge is 0.481 e. The first-order chi connectivity index (χ1) is 11.0. The van der Waals surface area contributed by atoms with E-state index in [-0.39, 0.29) is 5.56 Å². The molecule has 1 aromatic carbocycles. The maximum atomic E-state index is 12.3. The van der Waals surface area contributed by atoms with E-state index in [0.717, 1.165) is 5.56 Å². The predicted molar refractivity (Wildman–Crippen MR) is 86.6 cm³/mol. The monoisotopic (exact) mass is 313 g/mol. The molecule has 0 amide bonds. The molecule has 2 heterocycles. The quantitative estimate of drug-likeness (QED) is 0.928. The molecule has 1 aliphatic heterocycles. The Morgan fingerprint density at radius 1 is 1.35 bits per heavy atom. The lowest BCUT2D eigenvalue weighted by molar-refractivity contribution is -0.146. The molecule has 6 nitrogen and oxygen atoms in total. The molecule has 1 aliphatic rings. The van der Waals surface area contributed by atoms with Crippen molar-refractivity contribution in [1.29, 1.82) is 0 Å². The number of hydrogen-bond donors (Lipinski definition) is 1. The molecular formula is C17H19N3O3. The van der Waals surface area contributed by atoms with Gasteiger partial charge in [0.1, 0.15) is 0 Å². The summed E-state index contributed by atoms with van der Waals surface area (Å²) in [7, 11) is 0. The Balaban J connectivity index is 1.78. The van der Waals surface area contributed by atoms with E-state index in [1.807, 2.05) is 35.2 Å². The first-order valence-corrected chi connectivity index (χ1v) is 7.57. The van der Waals surface area contributed by atoms with Crippen LogP contribution in [0.3, 0.4) is 0 Å². The molecule has 1 saturated heterocycles. The molecule has 2 aromatic rings. The van der Waals surface area contributed by atoms with Crippen molar-refractivity contribution in [2.45, 2.75) is 19.9 Å². The van der Waals surface area contributed by atoms with Crippen LogP contribution in [-0.4, -0.2) is 33.9 Å². The van der Waals surface area contributed by atoms with Crippen LogP contribution in [0.1, 0.15) is 18.9 Å². The number of aliphatic carboxylic acids is 1. The van der Waals surface area contributed by atoms with Gasteiger partial charge in [-0.15, -0.1) is 0 Å². The van der Waals surface area contributed by atoms with Gasteiger partial charge in [0.15, 0.2) is 0 Å². The highest BCUT2D eigenvalue weighted by atomic mass is 16.4. The van der Waals surface area contributed by atoms with Crippen molar-refractivity contribution in [3.05, 3.63) is 58.5 Å². The Morgan fingerprint density at radius 3 is 2.70 bits per heavy atom. The highest BCUT2D eigenvalue weighted by Crippen LogP contribution is 2.32. The summed E-state index contributed by atoms with van der Waals surface area (Å²) < 4.78 is 1.41. The van der Waals surface area contributed by atoms with Crippen molar-refractivity contribution in [2.24, 2.45) is 5.41 Å². The van der Waals surface area contributed by atoms with Gasteiger partial charge in [-0.25, -0.2) is 4.68 Å². The van der Waals surface area contributed by atoms with E-state index in [9.17, 15) is 14.7 Å². The van der Waals surface area contributed by atoms with E-state index < -0.39 is 11.4 Å². The summed E-state index contributed by atoms with van der Waals surface area (Å²) in [5.41, 5.74) is 0.743. The van der Waals surface area contributed by atoms with Gasteiger partial charge >= 0.3 is 5.97 Å². The Hall–Kier alpha value is -2.63. The molecule has 1 unspecified atom stereocenters. The maximum Gasteiger partial charge on any atom is 0.311 e. The second kappa shape index (κ2) is 5.87. The van der Waals surface area contributed by atoms with Crippen LogP contribution in [0, 0.1) is 5.41 Å². The van der Waals surface area contributed by atoms with Gasteiger partial charge in [-0.3, -0.25) is 9.59 Å². The molecule has 0 spiro atoms. The fourth-order valence-corrected chi connectivity index (χ4v) is 2.83. The SMILES string of the molecule is CC1(C(=O)O)CCN(c2cnn(Cc3ccccc3)c(=O)c2)C1. The zero-order chi connectivity index (χ0) is 16.4. The second-order valence-electron chi connectivity index (χ2n) is 6.23. The molecule has 0 aliphatic carbocycles. The lowest BCUT2D eigenvalue weighted by atomic mass is 9.90. The molecule has 6 heteroatoms. The summed E-state index contributed by atoms with van der Waals surface area (Å²) in [5, 5.41) is 13.5. The number of carbonyl (C=O) groups is 1. The van der Waals surface area contributed by atoms with Crippen LogP contribution in [0.25, 0.3) is 0 Å². The zero-order valence-corrected chi connectivity index (χ0v) is 13.0. The Morgan fingerprint density at radius 2 is 2.09 bits per heavy atom. The van der Waals surface area contributed by atoms with Crippen LogP contribution in [0.15, 0.2) is 47.4 Å². The van der Waals surface area contributed by atoms with E-state index in [4.69, 9.17) is 0 Å². The van der Waals surface area contributed by atoms with Crippen molar-refractivity contribution in [1.82, 2.24) is 9.78 Å². The first kappa shape index (κ1) is 15.3. The third-order valence-corrected chi connectivity index (χ3v) is 4.39. The maximum absolute atomic E-state index is 12.3. The van der Waals surface area contributed by atoms with Crippen LogP contribution < -0.4 is 10.5 Å². The lowest BCUT2D eigenvalue weighted by Gasteiger charge is -2.21. The summed E-state index contributed by atoms with van der Waals surface area (Å²) in [4.78, 5) is 25.5. The molecule has 0 saturated carbocycles. The average molecular weight is 313 g/mol. The standard InChI is InChI=1S/C17H19N3O3/c1-17(16(22)23)7-8-19(12-17)14-9-15(21)20(18-10-14)11-13-5-3-2-4-6-13/h2-6,9-10H,7-8,11-12H2,1H3,(H,22,23). The molecule has 1 fully saturated rings. The number of carboxylic acids is 1. The second-order valence-corrected chi connectivity index (χ2v) is 6.23. The normalized spacial score (nSPS) is 20.7. The Bertz CT molecular complexity index is 772. The number of carboxylic acid groups (broad SMARTS) is 1. The number of aromatic nitrogens is 2. The van der Waals surface area contributed by atoms with Gasteiger partial charge in [-0.2, -0.15) is 5.10 Å². The van der Waals surface area contributed by atoms with E-state index in [1.165, 1.54) is 10.7 Å². The van der Waals surface area contributed by atoms with Crippen LogP contribution in [0.5, 0.6) is 0 Å². The average Bonchev–Trinajstić information content (AvgIpc) is 2.94. The van der Waals surface area contributed by atoms with Crippen molar-refractivity contribution in [3.63, 3.8) is 0 Å². The van der Waals surface area contributed by atoms with Gasteiger partial charge < -0.3 is 10.0 Å². The molecule has 0 bridgehead atoms. The third kappa shape index (κ3) is 3.11. The fraction of sp³-hybridized carbons (Fsp3) is 0.353. The molecule has 1 aromatic heterocycles. The van der Waals surface area contributed by atoms with Gasteiger partial charge in [0, 0.05) is 19.2 Å². The molecule has 23 heavy (non-hydrogen) atoms. The minimum Gasteiger partial charge on any atom is -0.481 e. The summed E-state index contributed by atoms with van der Waals surface area (Å²) in [6, 6.07) is 11.2. The zero-order valence-electron chi connectivity index (χ0n) is 13.0. The van der Waals surface area contributed by atoms with Crippen molar-refractivity contribution >= 4 is 11.7 Å². The van der Waals surface area contributed by atoms with E-state index >= 15 is 0 Å². The molecular weight excluding hydrogens is 294 g/mol. The predicted octanol–water partition coefficient (Wildman–Crippen LogP) is 1.59. The number of nitrogens with zero attached hydrogens (tertiary/aromatic N) is 3. The first-order valence-electron chi connectivity index (χ1n) is 7.57. The number of benzene rings is 1. The van der Waals surface area contributed by atoms with Gasteiger partial charge in [-0.1, -0.05) is 30.3 Å². The molecule has 120 valence electrons. The minimum absolute atomic E-state index is 0.185. The van der Waals surface area contributed by atoms with Crippen molar-refractivity contribution in [3.8, 4) is 0 Å². The molecule has 1 atom stereocenters. The molecule has 0 radical (unpaired) electrons. The van der Waals surface area contributed by atoms with Crippen LogP contribution in [0.4, 0.5) is 5.69 Å². The smallest absolute Gasteiger partial charge is 0.311 e. The third-order valence-electron chi connectivity index (χ3n) is 4.39. The number of rotatable bonds is 4. The number of hydrogen-bond acceptors (Lipinski definition) is 4. The highest BCUT2D eigenvalue weighted by Gasteiger charge is 2.40. The summed E-state index contributed by atoms with van der Waals surface area (Å²) in [5.74, 6) is -0.801. The number of anilines is 1. The van der Waals surface area contributed by atoms with Gasteiger partial charge in [-0.05, 0) is 18.9 Å². The van der Waals surface area contributed by atoms with Crippen LogP contribution in [0.2, 0.25) is 0 Å². The lowest BCUT2D eigenvalue weighted by Crippen LogP contribution is -2.32. The molecule has 1 N–H and O–H groups in total. The minimum atomic E-state index is -0.801. The van der Waals surface area contributed by atoms with Gasteiger partial charge in [0.2, 0.25) is 0 Å². The Kier molecular flexibility index (Phi) is 3.90. The van der Waals surface area contributed by atoms with Gasteiger partial charge in [0.25, 0.3) is 5.56 Å². The highest BCUT2D eigenvalue weighted by molar-refractivity contribution is 5.76. The van der Waals surface area contributed by atoms with E-state index in [2.05, 4.69) is 5.10 Å². The molecule has 3 rings (SSSR count). The fourth-order valence-electron chi connectivity index (χ4n) is 2.83. The van der Waals surface area contributed by atoms with E-state index in [0.29, 0.717) is 31.7 Å². The van der Waals surface area contributed by atoms with Crippen LogP contribution >= 0.6 is 0 Å². The van der Waals surface area contributed by atoms with Crippen molar-refractivity contribution in [2.75, 3.05) is 18.0 Å². The van der Waals surface area contributed by atoms with E-state index in [1.54, 1.807) is 13.1 Å². The van der Waals surface area contributed by atoms with Crippen molar-refractivity contribution < 1.29 is 9.90 Å². The summed E-state index contributed by atoms with van der Waals surface area (Å²) >= 11 is 0. The summed E-state index contributed by atoms with van der Waals surface area (Å²) in [6.07, 6.45) is 2.20. The summed E-state index contributed by atoms with van der Waals surface area (Å²) in [6.45, 7) is 3.17. The van der Waals surface area contributed by atoms with Crippen LogP contribution in [-0.2, 0) is 11.3 Å². The van der Waals surface area contributed by atoms with Gasteiger partial charge in [0.05, 0.1) is 23.8 Å². The Labute approximate surface area is 134 Å².